The third-order valence-corrected chi connectivity index (χ3v) is 6.34. The number of rotatable bonds is 7. The summed E-state index contributed by atoms with van der Waals surface area (Å²) in [6, 6.07) is 25.2. The van der Waals surface area contributed by atoms with E-state index >= 15 is 0 Å². The summed E-state index contributed by atoms with van der Waals surface area (Å²) in [6.45, 7) is 2.18. The third-order valence-electron chi connectivity index (χ3n) is 5.87. The van der Waals surface area contributed by atoms with E-state index in [0.717, 1.165) is 15.9 Å². The van der Waals surface area contributed by atoms with E-state index in [0.29, 0.717) is 34.8 Å². The Morgan fingerprint density at radius 3 is 2.59 bits per heavy atom. The van der Waals surface area contributed by atoms with Crippen LogP contribution in [0.2, 0.25) is 0 Å². The number of nitrogens with one attached hydrogen (secondary N) is 1. The summed E-state index contributed by atoms with van der Waals surface area (Å²) in [6.07, 6.45) is 1.92. The summed E-state index contributed by atoms with van der Waals surface area (Å²) in [5.74, 6) is 0.330. The smallest absolute Gasteiger partial charge is 0.343 e. The Kier molecular flexibility index (Phi) is 6.70. The van der Waals surface area contributed by atoms with E-state index in [1.807, 2.05) is 65.2 Å². The second-order valence-corrected chi connectivity index (χ2v) is 9.28. The summed E-state index contributed by atoms with van der Waals surface area (Å²) in [4.78, 5) is 28.7. The average molecular weight is 557 g/mol. The number of carbonyl (C=O) groups is 1. The second kappa shape index (κ2) is 10.2. The molecule has 0 fully saturated rings. The fourth-order valence-corrected chi connectivity index (χ4v) is 4.34. The highest BCUT2D eigenvalue weighted by atomic mass is 79.9. The minimum atomic E-state index is -0.694. The molecule has 37 heavy (non-hydrogen) atoms. The van der Waals surface area contributed by atoms with Crippen LogP contribution in [-0.4, -0.2) is 20.3 Å². The molecular weight excluding hydrogens is 536 g/mol. The highest BCUT2D eigenvalue weighted by Crippen LogP contribution is 2.36. The minimum Gasteiger partial charge on any atom is -0.422 e. The van der Waals surface area contributed by atoms with Crippen LogP contribution in [0.4, 0.5) is 11.5 Å². The number of carbonyl (C=O) groups excluding carboxylic acids is 1. The van der Waals surface area contributed by atoms with Crippen molar-refractivity contribution in [2.24, 2.45) is 0 Å². The topological polar surface area (TPSA) is 98.8 Å². The second-order valence-electron chi connectivity index (χ2n) is 8.37. The molecule has 0 amide bonds. The van der Waals surface area contributed by atoms with Crippen LogP contribution < -0.4 is 10.1 Å². The van der Waals surface area contributed by atoms with Crippen LogP contribution in [0.3, 0.4) is 0 Å². The Labute approximate surface area is 220 Å². The summed E-state index contributed by atoms with van der Waals surface area (Å²) in [5, 5.41) is 14.8. The number of benzene rings is 3. The zero-order chi connectivity index (χ0) is 25.9. The van der Waals surface area contributed by atoms with Crippen LogP contribution in [-0.2, 0) is 6.54 Å². The van der Waals surface area contributed by atoms with Crippen LogP contribution >= 0.6 is 15.9 Å². The first-order chi connectivity index (χ1) is 17.9. The lowest BCUT2D eigenvalue weighted by Crippen LogP contribution is -2.10. The number of esters is 1. The molecular formula is C28H21BrN4O4. The Morgan fingerprint density at radius 2 is 1.81 bits per heavy atom. The van der Waals surface area contributed by atoms with Gasteiger partial charge >= 0.3 is 5.97 Å². The van der Waals surface area contributed by atoms with Crippen LogP contribution in [0.1, 0.15) is 21.5 Å². The first-order valence-electron chi connectivity index (χ1n) is 11.4. The quantitative estimate of drug-likeness (QED) is 0.102. The molecule has 1 N–H and O–H groups in total. The number of ether oxygens (including phenoxy) is 1. The monoisotopic (exact) mass is 556 g/mol. The molecule has 0 spiro atoms. The number of nitro groups is 1. The van der Waals surface area contributed by atoms with Gasteiger partial charge in [-0.25, -0.2) is 9.78 Å². The largest absolute Gasteiger partial charge is 0.422 e. The van der Waals surface area contributed by atoms with Crippen LogP contribution in [0, 0.1) is 17.0 Å². The van der Waals surface area contributed by atoms with Crippen molar-refractivity contribution in [3.8, 4) is 17.0 Å². The maximum Gasteiger partial charge on any atom is 0.343 e. The van der Waals surface area contributed by atoms with E-state index < -0.39 is 10.9 Å². The zero-order valence-corrected chi connectivity index (χ0v) is 21.3. The number of aromatic nitrogens is 2. The fourth-order valence-electron chi connectivity index (χ4n) is 4.00. The Bertz CT molecular complexity index is 1630. The van der Waals surface area contributed by atoms with Crippen molar-refractivity contribution < 1.29 is 14.5 Å². The van der Waals surface area contributed by atoms with Gasteiger partial charge in [0.25, 0.3) is 5.69 Å². The van der Waals surface area contributed by atoms with Crippen molar-refractivity contribution in [2.75, 3.05) is 5.32 Å². The van der Waals surface area contributed by atoms with Crippen molar-refractivity contribution in [3.63, 3.8) is 0 Å². The van der Waals surface area contributed by atoms with Crippen molar-refractivity contribution in [3.05, 3.63) is 122 Å². The highest BCUT2D eigenvalue weighted by Gasteiger charge is 2.21. The summed E-state index contributed by atoms with van der Waals surface area (Å²) < 4.78 is 8.57. The van der Waals surface area contributed by atoms with E-state index in [1.54, 1.807) is 19.1 Å². The molecule has 2 heterocycles. The number of hydrogen-bond acceptors (Lipinski definition) is 6. The first kappa shape index (κ1) is 24.2. The predicted molar refractivity (Wildman–Crippen MR) is 145 cm³/mol. The first-order valence-corrected chi connectivity index (χ1v) is 12.2. The fraction of sp³-hybridized carbons (Fsp3) is 0.0714. The molecule has 0 atom stereocenters. The summed E-state index contributed by atoms with van der Waals surface area (Å²) >= 11 is 3.53. The lowest BCUT2D eigenvalue weighted by Gasteiger charge is -2.12. The zero-order valence-electron chi connectivity index (χ0n) is 19.7. The van der Waals surface area contributed by atoms with Gasteiger partial charge in [-0.05, 0) is 58.7 Å². The number of hydrogen-bond donors (Lipinski definition) is 1. The van der Waals surface area contributed by atoms with Crippen molar-refractivity contribution >= 4 is 39.1 Å². The van der Waals surface area contributed by atoms with Crippen molar-refractivity contribution in [1.82, 2.24) is 9.38 Å². The van der Waals surface area contributed by atoms with E-state index in [1.165, 1.54) is 18.2 Å². The molecule has 5 aromatic rings. The lowest BCUT2D eigenvalue weighted by atomic mass is 10.1. The molecule has 9 heteroatoms. The molecule has 8 nitrogen and oxygen atoms in total. The number of pyridine rings is 1. The number of imidazole rings is 1. The average Bonchev–Trinajstić information content (AvgIpc) is 3.25. The molecule has 184 valence electrons. The maximum absolute atomic E-state index is 13.0. The number of nitrogens with zero attached hydrogens (tertiary/aromatic N) is 3. The molecule has 0 aliphatic rings. The van der Waals surface area contributed by atoms with Gasteiger partial charge in [0.1, 0.15) is 22.9 Å². The van der Waals surface area contributed by atoms with Crippen molar-refractivity contribution in [1.29, 1.82) is 0 Å². The molecule has 0 saturated carbocycles. The van der Waals surface area contributed by atoms with Gasteiger partial charge in [-0.1, -0.05) is 48.5 Å². The molecule has 5 rings (SSSR count). The standard InChI is InChI=1S/C28H21BrN4O4/c1-18-11-12-20(15-23(18)33(35)36)28(34)37-24-10-6-5-9-22(24)26-27(30-16-19-7-3-2-4-8-19)32-17-21(29)13-14-25(32)31-26/h2-15,17,30H,16H2,1H3. The van der Waals surface area contributed by atoms with E-state index in [-0.39, 0.29) is 11.3 Å². The highest BCUT2D eigenvalue weighted by molar-refractivity contribution is 9.10. The molecule has 0 bridgehead atoms. The number of nitro benzene ring substituents is 1. The Hall–Kier alpha value is -4.50. The van der Waals surface area contributed by atoms with E-state index in [2.05, 4.69) is 21.2 Å². The van der Waals surface area contributed by atoms with Gasteiger partial charge in [0.05, 0.1) is 10.5 Å². The lowest BCUT2D eigenvalue weighted by molar-refractivity contribution is -0.385. The van der Waals surface area contributed by atoms with E-state index in [4.69, 9.17) is 9.72 Å². The number of aryl methyl sites for hydroxylation is 1. The minimum absolute atomic E-state index is 0.0912. The third kappa shape index (κ3) is 5.07. The van der Waals surface area contributed by atoms with Gasteiger partial charge in [0, 0.05) is 34.4 Å². The molecule has 0 aliphatic carbocycles. The van der Waals surface area contributed by atoms with Gasteiger partial charge in [-0.2, -0.15) is 0 Å². The molecule has 0 unspecified atom stereocenters. The number of fused-ring (bicyclic) bond motifs is 1. The molecule has 3 aromatic carbocycles. The Morgan fingerprint density at radius 1 is 1.05 bits per heavy atom. The van der Waals surface area contributed by atoms with Crippen molar-refractivity contribution in [2.45, 2.75) is 13.5 Å². The van der Waals surface area contributed by atoms with Gasteiger partial charge in [0.2, 0.25) is 0 Å². The van der Waals surface area contributed by atoms with Gasteiger partial charge in [-0.15, -0.1) is 0 Å². The predicted octanol–water partition coefficient (Wildman–Crippen LogP) is 6.81. The normalized spacial score (nSPS) is 10.9. The Balaban J connectivity index is 1.54. The number of anilines is 1. The van der Waals surface area contributed by atoms with Crippen LogP contribution in [0.5, 0.6) is 5.75 Å². The molecule has 0 saturated heterocycles. The number of halogens is 1. The summed E-state index contributed by atoms with van der Waals surface area (Å²) in [5.41, 5.74) is 3.43. The van der Waals surface area contributed by atoms with Crippen LogP contribution in [0.15, 0.2) is 95.6 Å². The molecule has 2 aromatic heterocycles. The van der Waals surface area contributed by atoms with Gasteiger partial charge in [-0.3, -0.25) is 14.5 Å². The molecule has 0 aliphatic heterocycles. The summed E-state index contributed by atoms with van der Waals surface area (Å²) in [7, 11) is 0. The SMILES string of the molecule is Cc1ccc(C(=O)Oc2ccccc2-c2nc3ccc(Br)cn3c2NCc2ccccc2)cc1[N+](=O)[O-]. The molecule has 0 radical (unpaired) electrons. The van der Waals surface area contributed by atoms with Gasteiger partial charge < -0.3 is 10.1 Å². The number of para-hydroxylation sites is 1. The van der Waals surface area contributed by atoms with Gasteiger partial charge in [0.15, 0.2) is 0 Å². The maximum atomic E-state index is 13.0. The van der Waals surface area contributed by atoms with Crippen LogP contribution in [0.25, 0.3) is 16.9 Å². The van der Waals surface area contributed by atoms with E-state index in [9.17, 15) is 14.9 Å².